The van der Waals surface area contributed by atoms with Crippen molar-refractivity contribution in [1.82, 2.24) is 0 Å². The third kappa shape index (κ3) is 3.03. The Hall–Kier alpha value is -1.23. The van der Waals surface area contributed by atoms with Crippen LogP contribution in [0.3, 0.4) is 0 Å². The number of benzene rings is 2. The second-order valence-electron chi connectivity index (χ2n) is 5.01. The first kappa shape index (κ1) is 14.7. The van der Waals surface area contributed by atoms with Crippen LogP contribution in [0.4, 0.5) is 5.69 Å². The van der Waals surface area contributed by atoms with E-state index in [1.54, 1.807) is 24.3 Å². The Bertz CT molecular complexity index is 803. The largest absolute Gasteiger partial charge is 0.278 e. The normalized spacial score (nSPS) is 14.0. The van der Waals surface area contributed by atoms with Crippen molar-refractivity contribution in [2.45, 2.75) is 24.2 Å². The zero-order valence-electron chi connectivity index (χ0n) is 11.1. The minimum atomic E-state index is -3.65. The third-order valence-electron chi connectivity index (χ3n) is 3.56. The lowest BCUT2D eigenvalue weighted by Gasteiger charge is -2.11. The molecule has 0 saturated carbocycles. The van der Waals surface area contributed by atoms with Gasteiger partial charge >= 0.3 is 0 Å². The van der Waals surface area contributed by atoms with Gasteiger partial charge in [-0.25, -0.2) is 8.42 Å². The van der Waals surface area contributed by atoms with E-state index in [-0.39, 0.29) is 9.92 Å². The molecule has 21 heavy (non-hydrogen) atoms. The van der Waals surface area contributed by atoms with E-state index in [0.717, 1.165) is 24.8 Å². The number of halogens is 2. The molecule has 1 N–H and O–H groups in total. The predicted octanol–water partition coefficient (Wildman–Crippen LogP) is 4.28. The van der Waals surface area contributed by atoms with Gasteiger partial charge in [0, 0.05) is 5.02 Å². The summed E-state index contributed by atoms with van der Waals surface area (Å²) in [6.45, 7) is 0. The van der Waals surface area contributed by atoms with Gasteiger partial charge < -0.3 is 0 Å². The van der Waals surface area contributed by atoms with Crippen molar-refractivity contribution in [2.75, 3.05) is 4.72 Å². The van der Waals surface area contributed by atoms with E-state index in [0.29, 0.717) is 10.7 Å². The monoisotopic (exact) mass is 341 g/mol. The smallest absolute Gasteiger partial charge is 0.261 e. The van der Waals surface area contributed by atoms with Gasteiger partial charge in [-0.2, -0.15) is 0 Å². The third-order valence-corrected chi connectivity index (χ3v) is 5.47. The molecule has 0 amide bonds. The Morgan fingerprint density at radius 1 is 0.952 bits per heavy atom. The van der Waals surface area contributed by atoms with Crippen LogP contribution in [0.1, 0.15) is 17.5 Å². The highest BCUT2D eigenvalue weighted by atomic mass is 35.5. The van der Waals surface area contributed by atoms with Crippen molar-refractivity contribution >= 4 is 38.9 Å². The van der Waals surface area contributed by atoms with Crippen LogP contribution >= 0.6 is 23.2 Å². The molecule has 3 rings (SSSR count). The average Bonchev–Trinajstić information content (AvgIpc) is 2.89. The van der Waals surface area contributed by atoms with Crippen LogP contribution in [0.15, 0.2) is 41.3 Å². The fraction of sp³-hybridized carbons (Fsp3) is 0.200. The van der Waals surface area contributed by atoms with Crippen molar-refractivity contribution in [1.29, 1.82) is 0 Å². The highest BCUT2D eigenvalue weighted by Crippen LogP contribution is 2.29. The molecule has 0 heterocycles. The van der Waals surface area contributed by atoms with Crippen molar-refractivity contribution in [3.05, 3.63) is 57.6 Å². The molecule has 1 aliphatic rings. The lowest BCUT2D eigenvalue weighted by atomic mass is 10.1. The molecule has 2 aromatic carbocycles. The molecular weight excluding hydrogens is 329 g/mol. The van der Waals surface area contributed by atoms with Crippen LogP contribution in [0.5, 0.6) is 0 Å². The van der Waals surface area contributed by atoms with Crippen LogP contribution in [0, 0.1) is 0 Å². The van der Waals surface area contributed by atoms with Crippen molar-refractivity contribution < 1.29 is 8.42 Å². The summed E-state index contributed by atoms with van der Waals surface area (Å²) in [5.41, 5.74) is 2.67. The van der Waals surface area contributed by atoms with Crippen LogP contribution < -0.4 is 4.72 Å². The van der Waals surface area contributed by atoms with Gasteiger partial charge in [-0.1, -0.05) is 29.3 Å². The van der Waals surface area contributed by atoms with E-state index in [2.05, 4.69) is 4.72 Å². The first-order valence-electron chi connectivity index (χ1n) is 6.55. The van der Waals surface area contributed by atoms with E-state index in [4.69, 9.17) is 23.2 Å². The second-order valence-corrected chi connectivity index (χ2v) is 7.54. The second kappa shape index (κ2) is 5.52. The first-order chi connectivity index (χ1) is 9.95. The van der Waals surface area contributed by atoms with Gasteiger partial charge in [0.05, 0.1) is 15.6 Å². The summed E-state index contributed by atoms with van der Waals surface area (Å²) < 4.78 is 27.4. The Labute approximate surface area is 133 Å². The molecule has 0 spiro atoms. The molecule has 110 valence electrons. The predicted molar refractivity (Wildman–Crippen MR) is 85.7 cm³/mol. The van der Waals surface area contributed by atoms with Gasteiger partial charge in [0.15, 0.2) is 0 Å². The average molecular weight is 342 g/mol. The maximum absolute atomic E-state index is 12.4. The maximum Gasteiger partial charge on any atom is 0.261 e. The van der Waals surface area contributed by atoms with E-state index in [1.807, 2.05) is 6.07 Å². The zero-order valence-corrected chi connectivity index (χ0v) is 13.4. The minimum absolute atomic E-state index is 0.258. The highest BCUT2D eigenvalue weighted by molar-refractivity contribution is 7.92. The molecule has 6 heteroatoms. The lowest BCUT2D eigenvalue weighted by molar-refractivity contribution is 0.601. The Kier molecular flexibility index (Phi) is 3.86. The van der Waals surface area contributed by atoms with E-state index in [9.17, 15) is 8.42 Å². The molecule has 1 aliphatic carbocycles. The number of hydrogen-bond acceptors (Lipinski definition) is 2. The molecule has 0 saturated heterocycles. The molecule has 3 nitrogen and oxygen atoms in total. The Morgan fingerprint density at radius 3 is 2.48 bits per heavy atom. The van der Waals surface area contributed by atoms with E-state index in [1.165, 1.54) is 11.6 Å². The van der Waals surface area contributed by atoms with Gasteiger partial charge in [-0.05, 0) is 60.7 Å². The Balaban J connectivity index is 1.93. The van der Waals surface area contributed by atoms with Crippen molar-refractivity contribution in [2.24, 2.45) is 0 Å². The Morgan fingerprint density at radius 2 is 1.71 bits per heavy atom. The summed E-state index contributed by atoms with van der Waals surface area (Å²) in [5.74, 6) is 0. The summed E-state index contributed by atoms with van der Waals surface area (Å²) >= 11 is 11.8. The van der Waals surface area contributed by atoms with Crippen LogP contribution in [0.2, 0.25) is 10.0 Å². The van der Waals surface area contributed by atoms with Crippen molar-refractivity contribution in [3.63, 3.8) is 0 Å². The number of sulfonamides is 1. The van der Waals surface area contributed by atoms with E-state index < -0.39 is 10.0 Å². The van der Waals surface area contributed by atoms with Gasteiger partial charge in [0.25, 0.3) is 10.0 Å². The number of rotatable bonds is 3. The number of aryl methyl sites for hydroxylation is 2. The van der Waals surface area contributed by atoms with Gasteiger partial charge in [0.1, 0.15) is 0 Å². The van der Waals surface area contributed by atoms with Gasteiger partial charge in [-0.15, -0.1) is 0 Å². The number of fused-ring (bicyclic) bond motifs is 1. The molecule has 0 atom stereocenters. The highest BCUT2D eigenvalue weighted by Gasteiger charge is 2.19. The summed E-state index contributed by atoms with van der Waals surface area (Å²) in [7, 11) is -3.65. The molecular formula is C15H13Cl2NO2S. The summed E-state index contributed by atoms with van der Waals surface area (Å²) in [5, 5.41) is 0.729. The number of nitrogens with one attached hydrogen (secondary N) is 1. The maximum atomic E-state index is 12.4. The van der Waals surface area contributed by atoms with Crippen LogP contribution in [-0.4, -0.2) is 8.42 Å². The van der Waals surface area contributed by atoms with Gasteiger partial charge in [-0.3, -0.25) is 4.72 Å². The van der Waals surface area contributed by atoms with E-state index >= 15 is 0 Å². The first-order valence-corrected chi connectivity index (χ1v) is 8.79. The molecule has 0 fully saturated rings. The summed E-state index contributed by atoms with van der Waals surface area (Å²) in [6, 6.07) is 9.92. The summed E-state index contributed by atoms with van der Waals surface area (Å²) in [6.07, 6.45) is 3.03. The number of hydrogen-bond donors (Lipinski definition) is 1. The molecule has 0 aromatic heterocycles. The molecule has 0 unspecified atom stereocenters. The minimum Gasteiger partial charge on any atom is -0.278 e. The lowest BCUT2D eigenvalue weighted by Crippen LogP contribution is -2.13. The summed E-state index contributed by atoms with van der Waals surface area (Å²) in [4.78, 5) is 0.258. The fourth-order valence-electron chi connectivity index (χ4n) is 2.49. The quantitative estimate of drug-likeness (QED) is 0.905. The fourth-order valence-corrected chi connectivity index (χ4v) is 4.13. The van der Waals surface area contributed by atoms with Crippen LogP contribution in [0.25, 0.3) is 0 Å². The molecule has 0 bridgehead atoms. The van der Waals surface area contributed by atoms with Crippen LogP contribution in [-0.2, 0) is 22.9 Å². The zero-order chi connectivity index (χ0) is 15.0. The standard InChI is InChI=1S/C15H13Cl2NO2S/c16-12-5-7-15(14(17)9-12)18-21(19,20)13-6-4-10-2-1-3-11(10)8-13/h4-9,18H,1-3H2. The van der Waals surface area contributed by atoms with Crippen molar-refractivity contribution in [3.8, 4) is 0 Å². The molecule has 0 radical (unpaired) electrons. The molecule has 0 aliphatic heterocycles. The van der Waals surface area contributed by atoms with Gasteiger partial charge in [0.2, 0.25) is 0 Å². The topological polar surface area (TPSA) is 46.2 Å². The number of anilines is 1. The molecule has 2 aromatic rings. The SMILES string of the molecule is O=S(=O)(Nc1ccc(Cl)cc1Cl)c1ccc2c(c1)CCC2.